The Labute approximate surface area is 82.6 Å². The van der Waals surface area contributed by atoms with Gasteiger partial charge in [-0.2, -0.15) is 0 Å². The number of esters is 1. The normalized spacial score (nSPS) is 23.2. The second-order valence-electron chi connectivity index (χ2n) is 3.58. The highest BCUT2D eigenvalue weighted by atomic mass is 16.5. The Morgan fingerprint density at radius 1 is 1.71 bits per heavy atom. The van der Waals surface area contributed by atoms with Crippen molar-refractivity contribution in [3.8, 4) is 0 Å². The van der Waals surface area contributed by atoms with Crippen LogP contribution in [-0.2, 0) is 19.1 Å². The Balaban J connectivity index is 2.43. The van der Waals surface area contributed by atoms with Crippen LogP contribution in [0.15, 0.2) is 0 Å². The number of ether oxygens (including phenoxy) is 1. The van der Waals surface area contributed by atoms with E-state index in [2.05, 4.69) is 0 Å². The van der Waals surface area contributed by atoms with Crippen LogP contribution in [-0.4, -0.2) is 24.1 Å². The maximum atomic E-state index is 11.3. The molecule has 2 unspecified atom stereocenters. The van der Waals surface area contributed by atoms with E-state index < -0.39 is 12.1 Å². The molecule has 78 valence electrons. The van der Waals surface area contributed by atoms with Crippen LogP contribution >= 0.6 is 0 Å². The highest BCUT2D eigenvalue weighted by molar-refractivity contribution is 5.83. The molecule has 0 N–H and O–H groups in total. The van der Waals surface area contributed by atoms with Crippen LogP contribution in [0.4, 0.5) is 0 Å². The zero-order valence-corrected chi connectivity index (χ0v) is 8.19. The van der Waals surface area contributed by atoms with E-state index >= 15 is 0 Å². The van der Waals surface area contributed by atoms with Crippen molar-refractivity contribution in [2.75, 3.05) is 0 Å². The lowest BCUT2D eigenvalue weighted by molar-refractivity contribution is -0.150. The van der Waals surface area contributed by atoms with Crippen molar-refractivity contribution in [3.63, 3.8) is 0 Å². The fourth-order valence-corrected chi connectivity index (χ4v) is 1.76. The van der Waals surface area contributed by atoms with Crippen LogP contribution in [0, 0.1) is 5.92 Å². The van der Waals surface area contributed by atoms with Gasteiger partial charge in [0.2, 0.25) is 0 Å². The third kappa shape index (κ3) is 2.94. The van der Waals surface area contributed by atoms with Gasteiger partial charge in [-0.15, -0.1) is 0 Å². The van der Waals surface area contributed by atoms with Crippen molar-refractivity contribution in [2.45, 2.75) is 38.7 Å². The summed E-state index contributed by atoms with van der Waals surface area (Å²) in [5.74, 6) is -0.388. The van der Waals surface area contributed by atoms with Gasteiger partial charge in [0.1, 0.15) is 5.78 Å². The number of hydrogen-bond acceptors (Lipinski definition) is 4. The van der Waals surface area contributed by atoms with Crippen molar-refractivity contribution in [1.82, 2.24) is 0 Å². The zero-order chi connectivity index (χ0) is 10.6. The zero-order valence-electron chi connectivity index (χ0n) is 8.19. The summed E-state index contributed by atoms with van der Waals surface area (Å²) in [5.41, 5.74) is 0. The maximum Gasteiger partial charge on any atom is 0.303 e. The van der Waals surface area contributed by atoms with Gasteiger partial charge in [-0.3, -0.25) is 14.4 Å². The summed E-state index contributed by atoms with van der Waals surface area (Å²) in [6, 6.07) is 0. The Morgan fingerprint density at radius 2 is 2.43 bits per heavy atom. The van der Waals surface area contributed by atoms with Crippen LogP contribution < -0.4 is 0 Å². The average Bonchev–Trinajstić information content (AvgIpc) is 2.50. The molecule has 0 saturated heterocycles. The number of aldehydes is 1. The first-order chi connectivity index (χ1) is 6.63. The molecule has 0 amide bonds. The summed E-state index contributed by atoms with van der Waals surface area (Å²) < 4.78 is 4.75. The maximum absolute atomic E-state index is 11.3. The summed E-state index contributed by atoms with van der Waals surface area (Å²) in [6.07, 6.45) is 2.48. The van der Waals surface area contributed by atoms with Crippen LogP contribution in [0.5, 0.6) is 0 Å². The van der Waals surface area contributed by atoms with E-state index in [1.807, 2.05) is 0 Å². The van der Waals surface area contributed by atoms with Crippen LogP contribution in [0.2, 0.25) is 0 Å². The molecule has 1 saturated carbocycles. The van der Waals surface area contributed by atoms with Gasteiger partial charge in [0.25, 0.3) is 0 Å². The number of rotatable bonds is 4. The number of carbonyl (C=O) groups excluding carboxylic acids is 3. The fraction of sp³-hybridized carbons (Fsp3) is 0.700. The molecule has 2 atom stereocenters. The molecule has 0 aromatic carbocycles. The smallest absolute Gasteiger partial charge is 0.303 e. The van der Waals surface area contributed by atoms with Gasteiger partial charge in [0.15, 0.2) is 12.4 Å². The minimum Gasteiger partial charge on any atom is -0.455 e. The SMILES string of the molecule is CC(=O)OC(C=O)CC1CCCC1=O. The third-order valence-electron chi connectivity index (χ3n) is 2.42. The molecule has 1 aliphatic carbocycles. The van der Waals surface area contributed by atoms with E-state index in [-0.39, 0.29) is 11.7 Å². The van der Waals surface area contributed by atoms with Crippen molar-refractivity contribution in [2.24, 2.45) is 5.92 Å². The third-order valence-corrected chi connectivity index (χ3v) is 2.42. The summed E-state index contributed by atoms with van der Waals surface area (Å²) in [4.78, 5) is 32.4. The quantitative estimate of drug-likeness (QED) is 0.497. The van der Waals surface area contributed by atoms with Crippen LogP contribution in [0.25, 0.3) is 0 Å². The lowest BCUT2D eigenvalue weighted by Crippen LogP contribution is -2.23. The minimum atomic E-state index is -0.750. The monoisotopic (exact) mass is 198 g/mol. The molecule has 4 heteroatoms. The van der Waals surface area contributed by atoms with Gasteiger partial charge >= 0.3 is 5.97 Å². The lowest BCUT2D eigenvalue weighted by atomic mass is 10.00. The summed E-state index contributed by atoms with van der Waals surface area (Å²) >= 11 is 0. The van der Waals surface area contributed by atoms with Crippen molar-refractivity contribution < 1.29 is 19.1 Å². The van der Waals surface area contributed by atoms with E-state index in [0.717, 1.165) is 12.8 Å². The molecule has 1 fully saturated rings. The van der Waals surface area contributed by atoms with Gasteiger partial charge in [0, 0.05) is 25.7 Å². The van der Waals surface area contributed by atoms with Gasteiger partial charge in [0.05, 0.1) is 0 Å². The standard InChI is InChI=1S/C10H14O4/c1-7(12)14-9(6-11)5-8-3-2-4-10(8)13/h6,8-9H,2-5H2,1H3. The molecular weight excluding hydrogens is 184 g/mol. The van der Waals surface area contributed by atoms with Gasteiger partial charge in [-0.25, -0.2) is 0 Å². The Kier molecular flexibility index (Phi) is 3.80. The summed E-state index contributed by atoms with van der Waals surface area (Å²) in [7, 11) is 0. The predicted octanol–water partition coefficient (Wildman–Crippen LogP) is 0.876. The molecule has 0 spiro atoms. The molecule has 0 aromatic rings. The van der Waals surface area contributed by atoms with E-state index in [1.165, 1.54) is 6.92 Å². The van der Waals surface area contributed by atoms with Gasteiger partial charge in [-0.05, 0) is 12.8 Å². The first kappa shape index (κ1) is 10.9. The molecule has 4 nitrogen and oxygen atoms in total. The molecule has 0 heterocycles. The highest BCUT2D eigenvalue weighted by Gasteiger charge is 2.28. The Hall–Kier alpha value is -1.19. The largest absolute Gasteiger partial charge is 0.455 e. The second kappa shape index (κ2) is 4.88. The predicted molar refractivity (Wildman–Crippen MR) is 48.6 cm³/mol. The fourth-order valence-electron chi connectivity index (χ4n) is 1.76. The van der Waals surface area contributed by atoms with E-state index in [0.29, 0.717) is 19.1 Å². The Bertz CT molecular complexity index is 247. The van der Waals surface area contributed by atoms with Gasteiger partial charge in [-0.1, -0.05) is 0 Å². The molecule has 0 aliphatic heterocycles. The highest BCUT2D eigenvalue weighted by Crippen LogP contribution is 2.25. The van der Waals surface area contributed by atoms with Crippen molar-refractivity contribution in [1.29, 1.82) is 0 Å². The topological polar surface area (TPSA) is 60.4 Å². The lowest BCUT2D eigenvalue weighted by Gasteiger charge is -2.13. The van der Waals surface area contributed by atoms with Gasteiger partial charge < -0.3 is 4.74 Å². The molecule has 14 heavy (non-hydrogen) atoms. The van der Waals surface area contributed by atoms with Crippen molar-refractivity contribution >= 4 is 18.0 Å². The number of hydrogen-bond donors (Lipinski definition) is 0. The van der Waals surface area contributed by atoms with Crippen LogP contribution in [0.1, 0.15) is 32.6 Å². The molecule has 0 aromatic heterocycles. The van der Waals surface area contributed by atoms with E-state index in [9.17, 15) is 14.4 Å². The first-order valence-corrected chi connectivity index (χ1v) is 4.78. The minimum absolute atomic E-state index is 0.0930. The number of ketones is 1. The van der Waals surface area contributed by atoms with E-state index in [1.54, 1.807) is 0 Å². The first-order valence-electron chi connectivity index (χ1n) is 4.78. The molecule has 0 radical (unpaired) electrons. The molecule has 1 aliphatic rings. The number of carbonyl (C=O) groups is 3. The molecule has 1 rings (SSSR count). The van der Waals surface area contributed by atoms with Crippen molar-refractivity contribution in [3.05, 3.63) is 0 Å². The number of Topliss-reactive ketones (excluding diaryl/α,β-unsaturated/α-hetero) is 1. The van der Waals surface area contributed by atoms with E-state index in [4.69, 9.17) is 4.74 Å². The average molecular weight is 198 g/mol. The molecular formula is C10H14O4. The van der Waals surface area contributed by atoms with Crippen LogP contribution in [0.3, 0.4) is 0 Å². The summed E-state index contributed by atoms with van der Waals surface area (Å²) in [6.45, 7) is 1.26. The second-order valence-corrected chi connectivity index (χ2v) is 3.58. The molecule has 0 bridgehead atoms. The Morgan fingerprint density at radius 3 is 2.86 bits per heavy atom. The summed E-state index contributed by atoms with van der Waals surface area (Å²) in [5, 5.41) is 0.